The smallest absolute Gasteiger partial charge is 0.356 e. The molecule has 1 aliphatic heterocycles. The van der Waals surface area contributed by atoms with E-state index in [4.69, 9.17) is 5.11 Å². The number of aromatic carboxylic acids is 1. The normalized spacial score (nSPS) is 19.2. The number of carbonyl (C=O) groups excluding carboxylic acids is 1. The highest BCUT2D eigenvalue weighted by Gasteiger charge is 2.21. The van der Waals surface area contributed by atoms with Crippen LogP contribution in [0.4, 0.5) is 5.82 Å². The van der Waals surface area contributed by atoms with E-state index in [1.807, 2.05) is 0 Å². The molecule has 1 aromatic heterocycles. The van der Waals surface area contributed by atoms with Crippen LogP contribution in [0, 0.1) is 0 Å². The molecule has 1 aromatic rings. The molecule has 0 bridgehead atoms. The highest BCUT2D eigenvalue weighted by atomic mass is 16.4. The van der Waals surface area contributed by atoms with Crippen LogP contribution in [0.15, 0.2) is 12.1 Å². The van der Waals surface area contributed by atoms with Crippen LogP contribution < -0.4 is 10.6 Å². The molecule has 0 radical (unpaired) electrons. The molecule has 0 aliphatic carbocycles. The van der Waals surface area contributed by atoms with Crippen molar-refractivity contribution in [2.75, 3.05) is 11.9 Å². The Morgan fingerprint density at radius 3 is 2.81 bits per heavy atom. The second-order valence-corrected chi connectivity index (χ2v) is 3.46. The molecule has 84 valence electrons. The number of rotatable bonds is 3. The summed E-state index contributed by atoms with van der Waals surface area (Å²) in [5.74, 6) is -0.657. The molecule has 0 spiro atoms. The molecule has 7 heteroatoms. The molecule has 2 rings (SSSR count). The summed E-state index contributed by atoms with van der Waals surface area (Å²) in [6, 6.07) is 2.87. The van der Waals surface area contributed by atoms with Crippen LogP contribution in [0.2, 0.25) is 0 Å². The topological polar surface area (TPSA) is 104 Å². The van der Waals surface area contributed by atoms with Crippen molar-refractivity contribution in [2.24, 2.45) is 0 Å². The van der Waals surface area contributed by atoms with Gasteiger partial charge in [-0.2, -0.15) is 0 Å². The van der Waals surface area contributed by atoms with E-state index in [0.717, 1.165) is 0 Å². The lowest BCUT2D eigenvalue weighted by molar-refractivity contribution is -0.119. The number of anilines is 1. The van der Waals surface area contributed by atoms with Crippen molar-refractivity contribution in [2.45, 2.75) is 12.5 Å². The molecule has 16 heavy (non-hydrogen) atoms. The van der Waals surface area contributed by atoms with E-state index in [9.17, 15) is 9.59 Å². The molecule has 1 atom stereocenters. The summed E-state index contributed by atoms with van der Waals surface area (Å²) in [6.45, 7) is 0.543. The van der Waals surface area contributed by atoms with E-state index in [1.54, 1.807) is 0 Å². The Labute approximate surface area is 90.9 Å². The standard InChI is InChI=1S/C9H10N4O3/c14-8-3-5(4-10-8)11-7-2-1-6(9(15)16)12-13-7/h1-2,5H,3-4H2,(H,10,14)(H,11,13)(H,15,16). The van der Waals surface area contributed by atoms with Crippen LogP contribution in [0.25, 0.3) is 0 Å². The first-order chi connectivity index (χ1) is 7.65. The zero-order chi connectivity index (χ0) is 11.5. The Morgan fingerprint density at radius 1 is 1.50 bits per heavy atom. The summed E-state index contributed by atoms with van der Waals surface area (Å²) in [5, 5.41) is 21.5. The van der Waals surface area contributed by atoms with Crippen LogP contribution in [0.5, 0.6) is 0 Å². The predicted molar refractivity (Wildman–Crippen MR) is 54.0 cm³/mol. The zero-order valence-corrected chi connectivity index (χ0v) is 8.30. The summed E-state index contributed by atoms with van der Waals surface area (Å²) in [7, 11) is 0. The lowest BCUT2D eigenvalue weighted by Crippen LogP contribution is -2.23. The maximum atomic E-state index is 10.9. The third kappa shape index (κ3) is 2.25. The van der Waals surface area contributed by atoms with Gasteiger partial charge >= 0.3 is 5.97 Å². The largest absolute Gasteiger partial charge is 0.476 e. The minimum absolute atomic E-state index is 0.00684. The van der Waals surface area contributed by atoms with Crippen LogP contribution in [0.1, 0.15) is 16.9 Å². The van der Waals surface area contributed by atoms with Gasteiger partial charge in [0.15, 0.2) is 5.69 Å². The molecule has 3 N–H and O–H groups in total. The second-order valence-electron chi connectivity index (χ2n) is 3.46. The first-order valence-electron chi connectivity index (χ1n) is 4.75. The number of nitrogens with zero attached hydrogens (tertiary/aromatic N) is 2. The lowest BCUT2D eigenvalue weighted by atomic mass is 10.2. The van der Waals surface area contributed by atoms with Gasteiger partial charge in [0, 0.05) is 13.0 Å². The first kappa shape index (κ1) is 10.3. The van der Waals surface area contributed by atoms with Gasteiger partial charge in [-0.3, -0.25) is 4.79 Å². The molecule has 2 heterocycles. The van der Waals surface area contributed by atoms with E-state index >= 15 is 0 Å². The quantitative estimate of drug-likeness (QED) is 0.635. The Balaban J connectivity index is 2.00. The van der Waals surface area contributed by atoms with E-state index in [-0.39, 0.29) is 17.6 Å². The third-order valence-corrected chi connectivity index (χ3v) is 2.21. The Bertz CT molecular complexity index is 417. The summed E-state index contributed by atoms with van der Waals surface area (Å²) in [5.41, 5.74) is -0.105. The number of hydrogen-bond acceptors (Lipinski definition) is 5. The molecule has 0 saturated carbocycles. The Kier molecular flexibility index (Phi) is 2.67. The molecule has 1 unspecified atom stereocenters. The number of amides is 1. The van der Waals surface area contributed by atoms with Crippen molar-refractivity contribution < 1.29 is 14.7 Å². The van der Waals surface area contributed by atoms with Crippen molar-refractivity contribution in [1.29, 1.82) is 0 Å². The van der Waals surface area contributed by atoms with Crippen molar-refractivity contribution in [1.82, 2.24) is 15.5 Å². The number of carboxylic acids is 1. The molecular formula is C9H10N4O3. The summed E-state index contributed by atoms with van der Waals surface area (Å²) in [6.07, 6.45) is 0.391. The minimum Gasteiger partial charge on any atom is -0.476 e. The fraction of sp³-hybridized carbons (Fsp3) is 0.333. The fourth-order valence-electron chi connectivity index (χ4n) is 1.44. The monoisotopic (exact) mass is 222 g/mol. The molecule has 7 nitrogen and oxygen atoms in total. The van der Waals surface area contributed by atoms with Crippen LogP contribution in [-0.4, -0.2) is 39.8 Å². The predicted octanol–water partition coefficient (Wildman–Crippen LogP) is -0.525. The molecular weight excluding hydrogens is 212 g/mol. The van der Waals surface area contributed by atoms with Crippen molar-refractivity contribution >= 4 is 17.7 Å². The van der Waals surface area contributed by atoms with E-state index in [0.29, 0.717) is 18.8 Å². The van der Waals surface area contributed by atoms with Gasteiger partial charge in [-0.05, 0) is 12.1 Å². The van der Waals surface area contributed by atoms with Crippen LogP contribution in [0.3, 0.4) is 0 Å². The summed E-state index contributed by atoms with van der Waals surface area (Å²) >= 11 is 0. The molecule has 0 aromatic carbocycles. The molecule has 1 amide bonds. The van der Waals surface area contributed by atoms with Gasteiger partial charge in [-0.25, -0.2) is 4.79 Å². The fourth-order valence-corrected chi connectivity index (χ4v) is 1.44. The average Bonchev–Trinajstić information content (AvgIpc) is 2.65. The number of nitrogens with one attached hydrogen (secondary N) is 2. The van der Waals surface area contributed by atoms with Gasteiger partial charge in [-0.15, -0.1) is 10.2 Å². The highest BCUT2D eigenvalue weighted by Crippen LogP contribution is 2.08. The average molecular weight is 222 g/mol. The van der Waals surface area contributed by atoms with Crippen molar-refractivity contribution in [3.05, 3.63) is 17.8 Å². The molecule has 1 saturated heterocycles. The summed E-state index contributed by atoms with van der Waals surface area (Å²) < 4.78 is 0. The van der Waals surface area contributed by atoms with Gasteiger partial charge in [0.2, 0.25) is 5.91 Å². The highest BCUT2D eigenvalue weighted by molar-refractivity contribution is 5.85. The maximum Gasteiger partial charge on any atom is 0.356 e. The van der Waals surface area contributed by atoms with Crippen molar-refractivity contribution in [3.8, 4) is 0 Å². The number of hydrogen-bond donors (Lipinski definition) is 3. The Morgan fingerprint density at radius 2 is 2.31 bits per heavy atom. The van der Waals surface area contributed by atoms with Gasteiger partial charge in [0.1, 0.15) is 5.82 Å². The lowest BCUT2D eigenvalue weighted by Gasteiger charge is -2.09. The van der Waals surface area contributed by atoms with E-state index < -0.39 is 5.97 Å². The molecule has 1 fully saturated rings. The SMILES string of the molecule is O=C1CC(Nc2ccc(C(=O)O)nn2)CN1. The zero-order valence-electron chi connectivity index (χ0n) is 8.30. The maximum absolute atomic E-state index is 10.9. The van der Waals surface area contributed by atoms with Gasteiger partial charge in [-0.1, -0.05) is 0 Å². The van der Waals surface area contributed by atoms with Gasteiger partial charge in [0.05, 0.1) is 6.04 Å². The van der Waals surface area contributed by atoms with E-state index in [1.165, 1.54) is 12.1 Å². The second kappa shape index (κ2) is 4.13. The molecule has 1 aliphatic rings. The number of carbonyl (C=O) groups is 2. The minimum atomic E-state index is -1.11. The first-order valence-corrected chi connectivity index (χ1v) is 4.75. The van der Waals surface area contributed by atoms with Crippen LogP contribution in [-0.2, 0) is 4.79 Å². The number of carboxylic acid groups (broad SMARTS) is 1. The van der Waals surface area contributed by atoms with Gasteiger partial charge in [0.25, 0.3) is 0 Å². The van der Waals surface area contributed by atoms with Crippen molar-refractivity contribution in [3.63, 3.8) is 0 Å². The Hall–Kier alpha value is -2.18. The summed E-state index contributed by atoms with van der Waals surface area (Å²) in [4.78, 5) is 21.4. The van der Waals surface area contributed by atoms with E-state index in [2.05, 4.69) is 20.8 Å². The van der Waals surface area contributed by atoms with Gasteiger partial charge < -0.3 is 15.7 Å². The third-order valence-electron chi connectivity index (χ3n) is 2.21. The van der Waals surface area contributed by atoms with Crippen LogP contribution >= 0.6 is 0 Å². The number of aromatic nitrogens is 2.